The molecule has 186 valence electrons. The summed E-state index contributed by atoms with van der Waals surface area (Å²) in [5.74, 6) is 1.50. The fourth-order valence-electron chi connectivity index (χ4n) is 5.52. The van der Waals surface area contributed by atoms with Crippen LogP contribution in [0.4, 0.5) is 0 Å². The highest BCUT2D eigenvalue weighted by Crippen LogP contribution is 2.41. The number of aromatic nitrogens is 1. The first kappa shape index (κ1) is 23.9. The van der Waals surface area contributed by atoms with Crippen LogP contribution in [0.15, 0.2) is 76.5 Å². The number of hydrogen-bond donors (Lipinski definition) is 0. The van der Waals surface area contributed by atoms with Crippen LogP contribution < -0.4 is 0 Å². The summed E-state index contributed by atoms with van der Waals surface area (Å²) in [6, 6.07) is 24.4. The Kier molecular flexibility index (Phi) is 5.72. The van der Waals surface area contributed by atoms with Gasteiger partial charge in [0.1, 0.15) is 11.3 Å². The van der Waals surface area contributed by atoms with Crippen molar-refractivity contribution in [3.05, 3.63) is 89.0 Å². The van der Waals surface area contributed by atoms with Crippen LogP contribution in [0.5, 0.6) is 0 Å². The molecular weight excluding hydrogens is 470 g/mol. The Balaban J connectivity index is 1.62. The van der Waals surface area contributed by atoms with Crippen LogP contribution in [0.3, 0.4) is 0 Å². The van der Waals surface area contributed by atoms with Crippen LogP contribution in [0.2, 0.25) is 0 Å². The van der Waals surface area contributed by atoms with Gasteiger partial charge in [-0.25, -0.2) is 4.98 Å². The van der Waals surface area contributed by atoms with Crippen molar-refractivity contribution in [2.75, 3.05) is 0 Å². The Hall–Kier alpha value is -3.43. The number of fused-ring (bicyclic) bond motifs is 3. The van der Waals surface area contributed by atoms with Crippen molar-refractivity contribution in [3.63, 3.8) is 0 Å². The van der Waals surface area contributed by atoms with Gasteiger partial charge in [-0.1, -0.05) is 71.0 Å². The molecule has 0 N–H and O–H groups in total. The van der Waals surface area contributed by atoms with Crippen molar-refractivity contribution in [1.29, 1.82) is 0 Å². The molecular formula is C34H33NOS. The molecule has 0 bridgehead atoms. The van der Waals surface area contributed by atoms with Gasteiger partial charge in [-0.05, 0) is 81.8 Å². The molecule has 0 unspecified atom stereocenters. The van der Waals surface area contributed by atoms with Gasteiger partial charge < -0.3 is 4.42 Å². The summed E-state index contributed by atoms with van der Waals surface area (Å²) in [7, 11) is 0. The van der Waals surface area contributed by atoms with Crippen molar-refractivity contribution in [1.82, 2.24) is 4.98 Å². The number of hydrogen-bond acceptors (Lipinski definition) is 3. The molecule has 0 radical (unpaired) electrons. The lowest BCUT2D eigenvalue weighted by molar-refractivity contribution is 0.579. The molecule has 0 atom stereocenters. The van der Waals surface area contributed by atoms with Crippen molar-refractivity contribution >= 4 is 43.3 Å². The second-order valence-corrected chi connectivity index (χ2v) is 12.6. The van der Waals surface area contributed by atoms with E-state index in [0.717, 1.165) is 40.1 Å². The third-order valence-electron chi connectivity index (χ3n) is 7.18. The zero-order valence-electron chi connectivity index (χ0n) is 22.5. The zero-order chi connectivity index (χ0) is 25.9. The molecule has 3 heterocycles. The molecule has 3 aromatic carbocycles. The summed E-state index contributed by atoms with van der Waals surface area (Å²) >= 11 is 1.84. The smallest absolute Gasteiger partial charge is 0.160 e. The van der Waals surface area contributed by atoms with Gasteiger partial charge in [0.2, 0.25) is 0 Å². The lowest BCUT2D eigenvalue weighted by atomic mass is 9.82. The fraction of sp³-hybridized carbons (Fsp3) is 0.265. The maximum absolute atomic E-state index is 6.25. The first-order valence-corrected chi connectivity index (χ1v) is 14.0. The van der Waals surface area contributed by atoms with Gasteiger partial charge in [0.25, 0.3) is 0 Å². The highest BCUT2D eigenvalue weighted by Gasteiger charge is 2.21. The molecule has 6 rings (SSSR count). The second kappa shape index (κ2) is 8.85. The van der Waals surface area contributed by atoms with E-state index in [0.29, 0.717) is 5.92 Å². The van der Waals surface area contributed by atoms with E-state index in [1.165, 1.54) is 37.5 Å². The normalized spacial score (nSPS) is 12.4. The van der Waals surface area contributed by atoms with Gasteiger partial charge in [0, 0.05) is 27.3 Å². The summed E-state index contributed by atoms with van der Waals surface area (Å²) in [6.07, 6.45) is 1.08. The molecule has 0 spiro atoms. The Morgan fingerprint density at radius 1 is 0.892 bits per heavy atom. The van der Waals surface area contributed by atoms with Gasteiger partial charge >= 0.3 is 0 Å². The predicted molar refractivity (Wildman–Crippen MR) is 160 cm³/mol. The van der Waals surface area contributed by atoms with E-state index in [1.54, 1.807) is 0 Å². The van der Waals surface area contributed by atoms with E-state index >= 15 is 0 Å². The molecule has 37 heavy (non-hydrogen) atoms. The lowest BCUT2D eigenvalue weighted by Crippen LogP contribution is -2.12. The maximum Gasteiger partial charge on any atom is 0.160 e. The maximum atomic E-state index is 6.25. The minimum Gasteiger partial charge on any atom is -0.459 e. The number of aryl methyl sites for hydroxylation is 1. The molecule has 3 aromatic heterocycles. The van der Waals surface area contributed by atoms with Crippen molar-refractivity contribution in [2.24, 2.45) is 5.92 Å². The lowest BCUT2D eigenvalue weighted by Gasteiger charge is -2.23. The Morgan fingerprint density at radius 3 is 2.49 bits per heavy atom. The number of rotatable bonds is 4. The van der Waals surface area contributed by atoms with Crippen molar-refractivity contribution in [2.45, 2.75) is 53.4 Å². The number of pyridine rings is 1. The fourth-order valence-corrected chi connectivity index (χ4v) is 6.47. The van der Waals surface area contributed by atoms with Crippen LogP contribution in [0.1, 0.15) is 51.5 Å². The molecule has 0 fully saturated rings. The van der Waals surface area contributed by atoms with Gasteiger partial charge in [-0.3, -0.25) is 0 Å². The largest absolute Gasteiger partial charge is 0.459 e. The zero-order valence-corrected chi connectivity index (χ0v) is 23.3. The van der Waals surface area contributed by atoms with Crippen molar-refractivity contribution < 1.29 is 4.42 Å². The van der Waals surface area contributed by atoms with Gasteiger partial charge in [0.15, 0.2) is 5.58 Å². The van der Waals surface area contributed by atoms with E-state index in [4.69, 9.17) is 9.40 Å². The summed E-state index contributed by atoms with van der Waals surface area (Å²) in [5, 5.41) is 6.06. The van der Waals surface area contributed by atoms with E-state index in [9.17, 15) is 0 Å². The van der Waals surface area contributed by atoms with Crippen molar-refractivity contribution in [3.8, 4) is 22.4 Å². The minimum atomic E-state index is 0.0177. The average Bonchev–Trinajstić information content (AvgIpc) is 3.48. The Bertz CT molecular complexity index is 1780. The number of thiophene rings is 1. The van der Waals surface area contributed by atoms with E-state index in [1.807, 2.05) is 18.3 Å². The molecule has 3 heteroatoms. The molecule has 0 aliphatic rings. The topological polar surface area (TPSA) is 26.0 Å². The van der Waals surface area contributed by atoms with E-state index in [-0.39, 0.29) is 5.41 Å². The summed E-state index contributed by atoms with van der Waals surface area (Å²) < 4.78 is 7.63. The van der Waals surface area contributed by atoms with Gasteiger partial charge in [-0.15, -0.1) is 11.3 Å². The first-order chi connectivity index (χ1) is 17.7. The highest BCUT2D eigenvalue weighted by molar-refractivity contribution is 7.17. The number of benzene rings is 3. The van der Waals surface area contributed by atoms with E-state index in [2.05, 4.69) is 107 Å². The number of furan rings is 1. The average molecular weight is 504 g/mol. The minimum absolute atomic E-state index is 0.0177. The van der Waals surface area contributed by atoms with Gasteiger partial charge in [-0.2, -0.15) is 0 Å². The summed E-state index contributed by atoms with van der Waals surface area (Å²) in [4.78, 5) is 5.12. The predicted octanol–water partition coefficient (Wildman–Crippen LogP) is 10.3. The number of nitrogens with zero attached hydrogens (tertiary/aromatic N) is 1. The SMILES string of the molecule is Cc1cc2nc(-c3cc(C(C)(C)C)c4ccccc4c3)cc(-c3ccc(CC(C)C)c4sccc34)c2o1. The Morgan fingerprint density at radius 2 is 1.70 bits per heavy atom. The van der Waals surface area contributed by atoms with Crippen LogP contribution in [-0.4, -0.2) is 4.98 Å². The molecule has 0 amide bonds. The second-order valence-electron chi connectivity index (χ2n) is 11.7. The standard InChI is InChI=1S/C34H33NOS/c1-20(2)15-23-11-12-26(27-13-14-37-33(23)27)28-19-30(35-31-16-21(3)36-32(28)31)24-17-22-9-7-8-10-25(22)29(18-24)34(4,5)6/h7-14,16-20H,15H2,1-6H3. The Labute approximate surface area is 223 Å². The van der Waals surface area contributed by atoms with Crippen LogP contribution in [0, 0.1) is 12.8 Å². The highest BCUT2D eigenvalue weighted by atomic mass is 32.1. The summed E-state index contributed by atoms with van der Waals surface area (Å²) in [6.45, 7) is 13.4. The third kappa shape index (κ3) is 4.26. The molecule has 0 aliphatic carbocycles. The summed E-state index contributed by atoms with van der Waals surface area (Å²) in [5.41, 5.74) is 9.00. The van der Waals surface area contributed by atoms with Crippen LogP contribution in [-0.2, 0) is 11.8 Å². The molecule has 0 saturated carbocycles. The first-order valence-electron chi connectivity index (χ1n) is 13.1. The quantitative estimate of drug-likeness (QED) is 0.239. The van der Waals surface area contributed by atoms with Crippen LogP contribution >= 0.6 is 11.3 Å². The molecule has 6 aromatic rings. The van der Waals surface area contributed by atoms with E-state index < -0.39 is 0 Å². The molecule has 0 saturated heterocycles. The monoisotopic (exact) mass is 503 g/mol. The van der Waals surface area contributed by atoms with Crippen LogP contribution in [0.25, 0.3) is 54.3 Å². The third-order valence-corrected chi connectivity index (χ3v) is 8.17. The van der Waals surface area contributed by atoms with Gasteiger partial charge in [0.05, 0.1) is 5.69 Å². The molecule has 2 nitrogen and oxygen atoms in total. The molecule has 0 aliphatic heterocycles.